The number of aromatic hydroxyl groups is 1. The van der Waals surface area contributed by atoms with Crippen LogP contribution >= 0.6 is 0 Å². The maximum atomic E-state index is 12.3. The largest absolute Gasteiger partial charge is 0.505 e. The molecule has 0 aliphatic rings. The molecule has 152 valence electrons. The Hall–Kier alpha value is -3.98. The Labute approximate surface area is 169 Å². The minimum absolute atomic E-state index is 0.331. The lowest BCUT2D eigenvalue weighted by Crippen LogP contribution is -2.39. The van der Waals surface area contributed by atoms with E-state index in [0.29, 0.717) is 39.4 Å². The number of ketones is 1. The summed E-state index contributed by atoms with van der Waals surface area (Å²) in [7, 11) is 0. The van der Waals surface area contributed by atoms with Crippen molar-refractivity contribution in [3.8, 4) is 17.2 Å². The number of aromatic nitrogens is 2. The first kappa shape index (κ1) is 19.3. The SMILES string of the molecule is Cc1nc2ccc(Oc3ccc4c(O)c(C(=O)C(N)C(=O)O)nc(C)c4c3)cc2o1. The third-order valence-electron chi connectivity index (χ3n) is 4.62. The standard InChI is InChI=1S/C21H17N3O6/c1-9-14-7-11(30-12-4-6-15-16(8-12)29-10(2)24-15)3-5-13(14)19(25)18(23-9)20(26)17(22)21(27)28/h3-8,17,25H,22H2,1-2H3,(H,27,28). The van der Waals surface area contributed by atoms with E-state index >= 15 is 0 Å². The highest BCUT2D eigenvalue weighted by molar-refractivity contribution is 6.13. The van der Waals surface area contributed by atoms with Crippen molar-refractivity contribution in [2.45, 2.75) is 19.9 Å². The number of oxazole rings is 1. The highest BCUT2D eigenvalue weighted by Crippen LogP contribution is 2.34. The van der Waals surface area contributed by atoms with Crippen LogP contribution in [0.5, 0.6) is 17.2 Å². The summed E-state index contributed by atoms with van der Waals surface area (Å²) in [6.07, 6.45) is 0. The van der Waals surface area contributed by atoms with Crippen LogP contribution in [0.25, 0.3) is 21.9 Å². The summed E-state index contributed by atoms with van der Waals surface area (Å²) in [6, 6.07) is 8.29. The van der Waals surface area contributed by atoms with Gasteiger partial charge in [-0.1, -0.05) is 0 Å². The fraction of sp³-hybridized carbons (Fsp3) is 0.143. The number of carboxylic acid groups (broad SMARTS) is 1. The van der Waals surface area contributed by atoms with Crippen molar-refractivity contribution in [2.24, 2.45) is 5.73 Å². The predicted molar refractivity (Wildman–Crippen MR) is 107 cm³/mol. The van der Waals surface area contributed by atoms with Gasteiger partial charge in [-0.3, -0.25) is 9.59 Å². The van der Waals surface area contributed by atoms with E-state index in [4.69, 9.17) is 20.0 Å². The summed E-state index contributed by atoms with van der Waals surface area (Å²) in [5.41, 5.74) is 6.73. The molecular formula is C21H17N3O6. The monoisotopic (exact) mass is 407 g/mol. The zero-order chi connectivity index (χ0) is 21.6. The van der Waals surface area contributed by atoms with E-state index in [9.17, 15) is 14.7 Å². The van der Waals surface area contributed by atoms with E-state index in [1.165, 1.54) is 0 Å². The summed E-state index contributed by atoms with van der Waals surface area (Å²) in [5, 5.41) is 20.3. The number of ether oxygens (including phenoxy) is 1. The first-order chi connectivity index (χ1) is 14.2. The Morgan fingerprint density at radius 1 is 1.07 bits per heavy atom. The third-order valence-corrected chi connectivity index (χ3v) is 4.62. The molecule has 0 amide bonds. The molecule has 0 spiro atoms. The van der Waals surface area contributed by atoms with Crippen molar-refractivity contribution in [1.82, 2.24) is 9.97 Å². The Kier molecular flexibility index (Phi) is 4.59. The molecule has 2 heterocycles. The summed E-state index contributed by atoms with van der Waals surface area (Å²) >= 11 is 0. The van der Waals surface area contributed by atoms with E-state index in [-0.39, 0.29) is 5.69 Å². The number of pyridine rings is 1. The maximum Gasteiger partial charge on any atom is 0.328 e. The van der Waals surface area contributed by atoms with E-state index in [1.807, 2.05) is 0 Å². The van der Waals surface area contributed by atoms with Gasteiger partial charge in [-0.2, -0.15) is 0 Å². The number of hydrogen-bond donors (Lipinski definition) is 3. The van der Waals surface area contributed by atoms with Gasteiger partial charge in [0.1, 0.15) is 17.0 Å². The number of rotatable bonds is 5. The number of aryl methyl sites for hydroxylation is 2. The van der Waals surface area contributed by atoms with Crippen molar-refractivity contribution in [3.05, 3.63) is 53.7 Å². The van der Waals surface area contributed by atoms with Crippen LogP contribution in [0.2, 0.25) is 0 Å². The molecule has 2 aromatic heterocycles. The van der Waals surface area contributed by atoms with Gasteiger partial charge >= 0.3 is 5.97 Å². The number of aliphatic carboxylic acids is 1. The van der Waals surface area contributed by atoms with Crippen LogP contribution in [-0.2, 0) is 4.79 Å². The van der Waals surface area contributed by atoms with Crippen molar-refractivity contribution >= 4 is 33.6 Å². The summed E-state index contributed by atoms with van der Waals surface area (Å²) in [5.74, 6) is -1.33. The molecule has 30 heavy (non-hydrogen) atoms. The molecular weight excluding hydrogens is 390 g/mol. The molecule has 0 aliphatic carbocycles. The van der Waals surface area contributed by atoms with Crippen molar-refractivity contribution in [2.75, 3.05) is 0 Å². The van der Waals surface area contributed by atoms with Crippen LogP contribution in [0.15, 0.2) is 40.8 Å². The van der Waals surface area contributed by atoms with Crippen molar-refractivity contribution in [1.29, 1.82) is 0 Å². The third kappa shape index (κ3) is 3.31. The van der Waals surface area contributed by atoms with Gasteiger partial charge in [-0.25, -0.2) is 9.97 Å². The van der Waals surface area contributed by atoms with E-state index in [0.717, 1.165) is 5.52 Å². The fourth-order valence-electron chi connectivity index (χ4n) is 3.15. The summed E-state index contributed by atoms with van der Waals surface area (Å²) in [4.78, 5) is 31.6. The number of nitrogens with two attached hydrogens (primary N) is 1. The van der Waals surface area contributed by atoms with E-state index < -0.39 is 23.5 Å². The van der Waals surface area contributed by atoms with Gasteiger partial charge in [0.2, 0.25) is 5.78 Å². The van der Waals surface area contributed by atoms with Gasteiger partial charge in [0, 0.05) is 29.5 Å². The second-order valence-corrected chi connectivity index (χ2v) is 6.75. The first-order valence-corrected chi connectivity index (χ1v) is 8.95. The smallest absolute Gasteiger partial charge is 0.328 e. The number of carbonyl (C=O) groups excluding carboxylic acids is 1. The quantitative estimate of drug-likeness (QED) is 0.335. The molecule has 1 atom stereocenters. The van der Waals surface area contributed by atoms with E-state index in [2.05, 4.69) is 9.97 Å². The highest BCUT2D eigenvalue weighted by atomic mass is 16.5. The molecule has 0 bridgehead atoms. The van der Waals surface area contributed by atoms with Gasteiger partial charge in [0.25, 0.3) is 0 Å². The molecule has 0 radical (unpaired) electrons. The van der Waals surface area contributed by atoms with Crippen molar-refractivity contribution in [3.63, 3.8) is 0 Å². The molecule has 0 fully saturated rings. The molecule has 0 aliphatic heterocycles. The lowest BCUT2D eigenvalue weighted by Gasteiger charge is -2.12. The van der Waals surface area contributed by atoms with Crippen LogP contribution in [0, 0.1) is 13.8 Å². The molecule has 4 aromatic rings. The Bertz CT molecular complexity index is 1330. The number of fused-ring (bicyclic) bond motifs is 2. The average molecular weight is 407 g/mol. The molecule has 2 aromatic carbocycles. The Balaban J connectivity index is 1.71. The minimum Gasteiger partial charge on any atom is -0.505 e. The van der Waals surface area contributed by atoms with Crippen LogP contribution in [-0.4, -0.2) is 38.0 Å². The molecule has 1 unspecified atom stereocenters. The van der Waals surface area contributed by atoms with Gasteiger partial charge in [0.05, 0.1) is 0 Å². The topological polar surface area (TPSA) is 149 Å². The highest BCUT2D eigenvalue weighted by Gasteiger charge is 2.28. The predicted octanol–water partition coefficient (Wildman–Crippen LogP) is 3.09. The first-order valence-electron chi connectivity index (χ1n) is 8.95. The van der Waals surface area contributed by atoms with Gasteiger partial charge < -0.3 is 25.1 Å². The number of carbonyl (C=O) groups is 2. The van der Waals surface area contributed by atoms with Gasteiger partial charge in [-0.15, -0.1) is 0 Å². The van der Waals surface area contributed by atoms with Crippen LogP contribution < -0.4 is 10.5 Å². The average Bonchev–Trinajstić information content (AvgIpc) is 3.08. The second-order valence-electron chi connectivity index (χ2n) is 6.75. The normalized spacial score (nSPS) is 12.2. The van der Waals surface area contributed by atoms with Crippen LogP contribution in [0.4, 0.5) is 0 Å². The van der Waals surface area contributed by atoms with Crippen LogP contribution in [0.1, 0.15) is 22.1 Å². The Morgan fingerprint density at radius 2 is 1.77 bits per heavy atom. The lowest BCUT2D eigenvalue weighted by atomic mass is 10.0. The molecule has 0 saturated carbocycles. The molecule has 4 rings (SSSR count). The van der Waals surface area contributed by atoms with E-state index in [1.54, 1.807) is 50.2 Å². The summed E-state index contributed by atoms with van der Waals surface area (Å²) < 4.78 is 11.4. The maximum absolute atomic E-state index is 12.3. The number of Topliss-reactive ketones (excluding diaryl/α,β-unsaturated/α-hetero) is 1. The number of benzene rings is 2. The zero-order valence-electron chi connectivity index (χ0n) is 16.0. The summed E-state index contributed by atoms with van der Waals surface area (Å²) in [6.45, 7) is 3.40. The number of nitrogens with zero attached hydrogens (tertiary/aromatic N) is 2. The second kappa shape index (κ2) is 7.12. The van der Waals surface area contributed by atoms with Gasteiger partial charge in [-0.05, 0) is 37.3 Å². The minimum atomic E-state index is -1.81. The Morgan fingerprint density at radius 3 is 2.50 bits per heavy atom. The fourth-order valence-corrected chi connectivity index (χ4v) is 3.15. The van der Waals surface area contributed by atoms with Crippen LogP contribution in [0.3, 0.4) is 0 Å². The number of carboxylic acids is 1. The van der Waals surface area contributed by atoms with Crippen molar-refractivity contribution < 1.29 is 29.0 Å². The van der Waals surface area contributed by atoms with Gasteiger partial charge in [0.15, 0.2) is 29.0 Å². The molecule has 4 N–H and O–H groups in total. The molecule has 0 saturated heterocycles. The zero-order valence-corrected chi connectivity index (χ0v) is 16.0. The molecule has 9 heteroatoms. The molecule has 9 nitrogen and oxygen atoms in total. The number of hydrogen-bond acceptors (Lipinski definition) is 8. The lowest BCUT2D eigenvalue weighted by molar-refractivity contribution is -0.137.